The van der Waals surface area contributed by atoms with Crippen LogP contribution in [0.1, 0.15) is 46.8 Å². The second-order valence-corrected chi connectivity index (χ2v) is 5.60. The standard InChI is InChI=1S/C14H14N4O2/c19-7-11-15-6-9-5-10-13(20)16-8-14(3-1-2-4-14)18(10)12(9)17-11/h5-7H,1-4,8H2,(H,16,20). The molecule has 6 nitrogen and oxygen atoms in total. The molecule has 1 fully saturated rings. The fourth-order valence-corrected chi connectivity index (χ4v) is 3.55. The second-order valence-electron chi connectivity index (χ2n) is 5.60. The monoisotopic (exact) mass is 270 g/mol. The van der Waals surface area contributed by atoms with Gasteiger partial charge in [0.25, 0.3) is 5.91 Å². The average molecular weight is 270 g/mol. The van der Waals surface area contributed by atoms with Gasteiger partial charge < -0.3 is 9.88 Å². The van der Waals surface area contributed by atoms with Gasteiger partial charge in [-0.3, -0.25) is 9.59 Å². The highest BCUT2D eigenvalue weighted by molar-refractivity contribution is 5.99. The summed E-state index contributed by atoms with van der Waals surface area (Å²) in [6.07, 6.45) is 6.63. The molecule has 0 bridgehead atoms. The quantitative estimate of drug-likeness (QED) is 0.791. The highest BCUT2D eigenvalue weighted by atomic mass is 16.2. The molecule has 0 atom stereocenters. The molecule has 1 amide bonds. The van der Waals surface area contributed by atoms with Crippen LogP contribution in [-0.2, 0) is 5.54 Å². The van der Waals surface area contributed by atoms with Crippen LogP contribution in [0.15, 0.2) is 12.3 Å². The Bertz CT molecular complexity index is 728. The van der Waals surface area contributed by atoms with Crippen molar-refractivity contribution in [2.75, 3.05) is 6.54 Å². The third-order valence-electron chi connectivity index (χ3n) is 4.48. The molecule has 1 saturated carbocycles. The van der Waals surface area contributed by atoms with Crippen LogP contribution in [0.4, 0.5) is 0 Å². The summed E-state index contributed by atoms with van der Waals surface area (Å²) in [5.74, 6) is 0.0886. The lowest BCUT2D eigenvalue weighted by molar-refractivity contribution is 0.0876. The summed E-state index contributed by atoms with van der Waals surface area (Å²) in [4.78, 5) is 31.3. The minimum Gasteiger partial charge on any atom is -0.348 e. The maximum atomic E-state index is 12.1. The Morgan fingerprint density at radius 1 is 1.35 bits per heavy atom. The van der Waals surface area contributed by atoms with E-state index in [2.05, 4.69) is 15.3 Å². The minimum absolute atomic E-state index is 0.0758. The van der Waals surface area contributed by atoms with E-state index in [-0.39, 0.29) is 17.3 Å². The number of hydrogen-bond acceptors (Lipinski definition) is 4. The Morgan fingerprint density at radius 3 is 2.90 bits per heavy atom. The van der Waals surface area contributed by atoms with Crippen molar-refractivity contribution in [3.8, 4) is 0 Å². The van der Waals surface area contributed by atoms with Crippen molar-refractivity contribution in [2.45, 2.75) is 31.2 Å². The number of carbonyl (C=O) groups is 2. The number of aromatic nitrogens is 3. The summed E-state index contributed by atoms with van der Waals surface area (Å²) in [6, 6.07) is 1.82. The van der Waals surface area contributed by atoms with Crippen LogP contribution in [0.2, 0.25) is 0 Å². The summed E-state index contributed by atoms with van der Waals surface area (Å²) < 4.78 is 2.04. The van der Waals surface area contributed by atoms with E-state index in [0.717, 1.165) is 31.1 Å². The first-order valence-electron chi connectivity index (χ1n) is 6.86. The Labute approximate surface area is 115 Å². The third kappa shape index (κ3) is 1.39. The number of rotatable bonds is 1. The van der Waals surface area contributed by atoms with E-state index >= 15 is 0 Å². The number of nitrogens with one attached hydrogen (secondary N) is 1. The SMILES string of the molecule is O=Cc1ncc2cc3n(c2n1)C1(CCCC1)CNC3=O. The summed E-state index contributed by atoms with van der Waals surface area (Å²) >= 11 is 0. The molecular weight excluding hydrogens is 256 g/mol. The molecule has 0 saturated heterocycles. The van der Waals surface area contributed by atoms with Crippen molar-refractivity contribution in [2.24, 2.45) is 0 Å². The average Bonchev–Trinajstić information content (AvgIpc) is 3.08. The molecule has 3 heterocycles. The van der Waals surface area contributed by atoms with Gasteiger partial charge in [-0.15, -0.1) is 0 Å². The summed E-state index contributed by atoms with van der Waals surface area (Å²) in [5, 5.41) is 3.80. The molecule has 1 aliphatic heterocycles. The maximum absolute atomic E-state index is 12.1. The van der Waals surface area contributed by atoms with E-state index in [1.54, 1.807) is 6.20 Å². The lowest BCUT2D eigenvalue weighted by Crippen LogP contribution is -2.50. The number of amides is 1. The summed E-state index contributed by atoms with van der Waals surface area (Å²) in [7, 11) is 0. The zero-order valence-electron chi connectivity index (χ0n) is 10.9. The molecule has 0 unspecified atom stereocenters. The van der Waals surface area contributed by atoms with Gasteiger partial charge >= 0.3 is 0 Å². The van der Waals surface area contributed by atoms with Crippen LogP contribution in [-0.4, -0.2) is 33.3 Å². The van der Waals surface area contributed by atoms with Crippen molar-refractivity contribution in [1.82, 2.24) is 19.9 Å². The number of hydrogen-bond donors (Lipinski definition) is 1. The van der Waals surface area contributed by atoms with Gasteiger partial charge in [-0.1, -0.05) is 12.8 Å². The second kappa shape index (κ2) is 3.88. The van der Waals surface area contributed by atoms with Crippen molar-refractivity contribution in [3.63, 3.8) is 0 Å². The first-order valence-corrected chi connectivity index (χ1v) is 6.86. The number of aldehydes is 1. The number of fused-ring (bicyclic) bond motifs is 4. The molecule has 0 radical (unpaired) electrons. The van der Waals surface area contributed by atoms with Gasteiger partial charge in [-0.2, -0.15) is 0 Å². The molecule has 4 rings (SSSR count). The molecule has 1 N–H and O–H groups in total. The lowest BCUT2D eigenvalue weighted by Gasteiger charge is -2.37. The van der Waals surface area contributed by atoms with Crippen molar-refractivity contribution in [3.05, 3.63) is 23.8 Å². The molecular formula is C14H14N4O2. The van der Waals surface area contributed by atoms with E-state index in [0.29, 0.717) is 24.2 Å². The molecule has 1 spiro atoms. The largest absolute Gasteiger partial charge is 0.348 e. The fourth-order valence-electron chi connectivity index (χ4n) is 3.55. The molecule has 2 aliphatic rings. The van der Waals surface area contributed by atoms with Crippen LogP contribution in [0, 0.1) is 0 Å². The van der Waals surface area contributed by atoms with Gasteiger partial charge in [0.05, 0.1) is 5.54 Å². The van der Waals surface area contributed by atoms with Gasteiger partial charge in [0, 0.05) is 18.1 Å². The van der Waals surface area contributed by atoms with Gasteiger partial charge in [-0.25, -0.2) is 9.97 Å². The zero-order chi connectivity index (χ0) is 13.7. The van der Waals surface area contributed by atoms with E-state index in [1.165, 1.54) is 0 Å². The highest BCUT2D eigenvalue weighted by Crippen LogP contribution is 2.41. The zero-order valence-corrected chi connectivity index (χ0v) is 10.9. The summed E-state index contributed by atoms with van der Waals surface area (Å²) in [6.45, 7) is 0.642. The number of nitrogens with zero attached hydrogens (tertiary/aromatic N) is 3. The lowest BCUT2D eigenvalue weighted by atomic mass is 9.94. The van der Waals surface area contributed by atoms with Crippen LogP contribution >= 0.6 is 0 Å². The van der Waals surface area contributed by atoms with Gasteiger partial charge in [0.1, 0.15) is 11.3 Å². The first kappa shape index (κ1) is 11.6. The van der Waals surface area contributed by atoms with E-state index < -0.39 is 0 Å². The van der Waals surface area contributed by atoms with Gasteiger partial charge in [-0.05, 0) is 18.9 Å². The van der Waals surface area contributed by atoms with Crippen LogP contribution < -0.4 is 5.32 Å². The van der Waals surface area contributed by atoms with Gasteiger partial charge in [0.2, 0.25) is 0 Å². The Morgan fingerprint density at radius 2 is 2.15 bits per heavy atom. The van der Waals surface area contributed by atoms with Crippen LogP contribution in [0.3, 0.4) is 0 Å². The molecule has 102 valence electrons. The molecule has 6 heteroatoms. The topological polar surface area (TPSA) is 76.9 Å². The molecule has 1 aliphatic carbocycles. The maximum Gasteiger partial charge on any atom is 0.268 e. The molecule has 2 aromatic heterocycles. The molecule has 2 aromatic rings. The van der Waals surface area contributed by atoms with Crippen LogP contribution in [0.5, 0.6) is 0 Å². The normalized spacial score (nSPS) is 20.1. The van der Waals surface area contributed by atoms with Crippen molar-refractivity contribution < 1.29 is 9.59 Å². The Balaban J connectivity index is 2.05. The summed E-state index contributed by atoms with van der Waals surface area (Å²) in [5.41, 5.74) is 1.25. The fraction of sp³-hybridized carbons (Fsp3) is 0.429. The first-order chi connectivity index (χ1) is 9.73. The smallest absolute Gasteiger partial charge is 0.268 e. The third-order valence-corrected chi connectivity index (χ3v) is 4.48. The van der Waals surface area contributed by atoms with Crippen molar-refractivity contribution in [1.29, 1.82) is 0 Å². The molecule has 20 heavy (non-hydrogen) atoms. The predicted octanol–water partition coefficient (Wildman–Crippen LogP) is 1.26. The predicted molar refractivity (Wildman–Crippen MR) is 71.7 cm³/mol. The minimum atomic E-state index is -0.0838. The highest BCUT2D eigenvalue weighted by Gasteiger charge is 2.42. The van der Waals surface area contributed by atoms with Crippen molar-refractivity contribution >= 4 is 23.2 Å². The van der Waals surface area contributed by atoms with Gasteiger partial charge in [0.15, 0.2) is 12.1 Å². The van der Waals surface area contributed by atoms with E-state index in [9.17, 15) is 9.59 Å². The van der Waals surface area contributed by atoms with E-state index in [4.69, 9.17) is 0 Å². The van der Waals surface area contributed by atoms with Crippen LogP contribution in [0.25, 0.3) is 11.0 Å². The Kier molecular flexibility index (Phi) is 2.24. The molecule has 0 aromatic carbocycles. The number of carbonyl (C=O) groups excluding carboxylic acids is 2. The Hall–Kier alpha value is -2.24. The van der Waals surface area contributed by atoms with E-state index in [1.807, 2.05) is 10.6 Å².